The average molecular weight is 203 g/mol. The van der Waals surface area contributed by atoms with Crippen molar-refractivity contribution in [3.63, 3.8) is 0 Å². The van der Waals surface area contributed by atoms with Gasteiger partial charge >= 0.3 is 0 Å². The highest BCUT2D eigenvalue weighted by atomic mass is 15.1. The number of nitrogens with two attached hydrogens (primary N) is 1. The number of aryl methyl sites for hydroxylation is 1. The molecular weight excluding hydrogens is 186 g/mol. The van der Waals surface area contributed by atoms with E-state index in [1.165, 1.54) is 37.2 Å². The quantitative estimate of drug-likeness (QED) is 0.453. The van der Waals surface area contributed by atoms with E-state index in [9.17, 15) is 0 Å². The molecule has 1 heterocycles. The first-order chi connectivity index (χ1) is 7.31. The largest absolute Gasteiger partial charge is 0.372 e. The van der Waals surface area contributed by atoms with Gasteiger partial charge in [0.2, 0.25) is 0 Å². The summed E-state index contributed by atoms with van der Waals surface area (Å²) in [5, 5.41) is 3.56. The van der Waals surface area contributed by atoms with Gasteiger partial charge in [0, 0.05) is 18.8 Å². The van der Waals surface area contributed by atoms with Crippen LogP contribution in [0.5, 0.6) is 0 Å². The molecule has 0 atom stereocenters. The molecule has 1 fully saturated rings. The third-order valence-electron chi connectivity index (χ3n) is 2.94. The maximum absolute atomic E-state index is 5.15. The van der Waals surface area contributed by atoms with Crippen molar-refractivity contribution < 1.29 is 0 Å². The third kappa shape index (κ3) is 2.12. The van der Waals surface area contributed by atoms with Crippen LogP contribution in [0.25, 0.3) is 0 Å². The molecule has 2 N–H and O–H groups in total. The summed E-state index contributed by atoms with van der Waals surface area (Å²) in [5.41, 5.74) is 3.65. The summed E-state index contributed by atoms with van der Waals surface area (Å²) in [6, 6.07) is 6.44. The summed E-state index contributed by atoms with van der Waals surface area (Å²) in [5.74, 6) is 5.15. The predicted octanol–water partition coefficient (Wildman–Crippen LogP) is 1.89. The SMILES string of the molecule is Cc1cc(N2CCCC2)ccc1C=NN. The number of nitrogens with zero attached hydrogens (tertiary/aromatic N) is 2. The highest BCUT2D eigenvalue weighted by molar-refractivity contribution is 5.82. The Kier molecular flexibility index (Phi) is 2.90. The Balaban J connectivity index is 2.24. The van der Waals surface area contributed by atoms with Gasteiger partial charge < -0.3 is 10.7 Å². The fourth-order valence-electron chi connectivity index (χ4n) is 2.06. The zero-order valence-corrected chi connectivity index (χ0v) is 9.11. The van der Waals surface area contributed by atoms with Gasteiger partial charge in [-0.15, -0.1) is 0 Å². The number of hydrogen-bond acceptors (Lipinski definition) is 3. The van der Waals surface area contributed by atoms with Crippen molar-refractivity contribution >= 4 is 11.9 Å². The van der Waals surface area contributed by atoms with Gasteiger partial charge in [0.05, 0.1) is 6.21 Å². The summed E-state index contributed by atoms with van der Waals surface area (Å²) in [6.45, 7) is 4.46. The van der Waals surface area contributed by atoms with Crippen LogP contribution in [0.15, 0.2) is 23.3 Å². The van der Waals surface area contributed by atoms with Gasteiger partial charge in [0.15, 0.2) is 0 Å². The van der Waals surface area contributed by atoms with Gasteiger partial charge in [-0.25, -0.2) is 0 Å². The van der Waals surface area contributed by atoms with Gasteiger partial charge in [-0.2, -0.15) is 5.10 Å². The van der Waals surface area contributed by atoms with Gasteiger partial charge in [-0.1, -0.05) is 6.07 Å². The van der Waals surface area contributed by atoms with Gasteiger partial charge in [0.25, 0.3) is 0 Å². The van der Waals surface area contributed by atoms with E-state index in [4.69, 9.17) is 5.84 Å². The van der Waals surface area contributed by atoms with Crippen LogP contribution < -0.4 is 10.7 Å². The van der Waals surface area contributed by atoms with Crippen LogP contribution in [0.4, 0.5) is 5.69 Å². The zero-order chi connectivity index (χ0) is 10.7. The van der Waals surface area contributed by atoms with Crippen molar-refractivity contribution in [1.29, 1.82) is 0 Å². The molecule has 0 amide bonds. The first kappa shape index (κ1) is 10.0. The van der Waals surface area contributed by atoms with E-state index in [0.717, 1.165) is 5.56 Å². The number of benzene rings is 1. The fraction of sp³-hybridized carbons (Fsp3) is 0.417. The lowest BCUT2D eigenvalue weighted by atomic mass is 10.1. The van der Waals surface area contributed by atoms with E-state index in [-0.39, 0.29) is 0 Å². The lowest BCUT2D eigenvalue weighted by Gasteiger charge is -2.18. The highest BCUT2D eigenvalue weighted by Crippen LogP contribution is 2.22. The number of hydrogen-bond donors (Lipinski definition) is 1. The summed E-state index contributed by atoms with van der Waals surface area (Å²) >= 11 is 0. The predicted molar refractivity (Wildman–Crippen MR) is 64.4 cm³/mol. The van der Waals surface area contributed by atoms with Crippen LogP contribution in [-0.2, 0) is 0 Å². The smallest absolute Gasteiger partial charge is 0.0540 e. The van der Waals surface area contributed by atoms with Gasteiger partial charge in [-0.3, -0.25) is 0 Å². The van der Waals surface area contributed by atoms with Crippen molar-refractivity contribution in [1.82, 2.24) is 0 Å². The Hall–Kier alpha value is -1.51. The molecule has 1 aliphatic rings. The van der Waals surface area contributed by atoms with E-state index in [1.54, 1.807) is 6.21 Å². The molecule has 1 saturated heterocycles. The molecule has 1 aliphatic heterocycles. The molecule has 1 aromatic carbocycles. The fourth-order valence-corrected chi connectivity index (χ4v) is 2.06. The van der Waals surface area contributed by atoms with E-state index in [2.05, 4.69) is 35.1 Å². The van der Waals surface area contributed by atoms with Crippen LogP contribution in [0.3, 0.4) is 0 Å². The molecule has 3 nitrogen and oxygen atoms in total. The van der Waals surface area contributed by atoms with Crippen LogP contribution in [0.1, 0.15) is 24.0 Å². The molecule has 0 spiro atoms. The molecular formula is C12H17N3. The van der Waals surface area contributed by atoms with E-state index >= 15 is 0 Å². The first-order valence-electron chi connectivity index (χ1n) is 5.40. The Bertz CT molecular complexity index is 365. The maximum atomic E-state index is 5.15. The lowest BCUT2D eigenvalue weighted by molar-refractivity contribution is 0.949. The average Bonchev–Trinajstić information content (AvgIpc) is 2.74. The molecule has 1 aromatic rings. The van der Waals surface area contributed by atoms with Crippen LogP contribution >= 0.6 is 0 Å². The van der Waals surface area contributed by atoms with Gasteiger partial charge in [-0.05, 0) is 43.0 Å². The highest BCUT2D eigenvalue weighted by Gasteiger charge is 2.12. The Morgan fingerprint density at radius 1 is 1.33 bits per heavy atom. The first-order valence-corrected chi connectivity index (χ1v) is 5.40. The summed E-state index contributed by atoms with van der Waals surface area (Å²) < 4.78 is 0. The topological polar surface area (TPSA) is 41.6 Å². The molecule has 2 rings (SSSR count). The second-order valence-corrected chi connectivity index (χ2v) is 4.01. The van der Waals surface area contributed by atoms with E-state index < -0.39 is 0 Å². The standard InChI is InChI=1S/C12H17N3/c1-10-8-12(15-6-2-3-7-15)5-4-11(10)9-14-13/h4-5,8-9H,2-3,6-7,13H2,1H3. The van der Waals surface area contributed by atoms with Crippen molar-refractivity contribution in [2.75, 3.05) is 18.0 Å². The normalized spacial score (nSPS) is 16.5. The minimum absolute atomic E-state index is 1.10. The molecule has 0 aromatic heterocycles. The second kappa shape index (κ2) is 4.34. The molecule has 80 valence electrons. The molecule has 0 bridgehead atoms. The molecule has 0 unspecified atom stereocenters. The van der Waals surface area contributed by atoms with Gasteiger partial charge in [0.1, 0.15) is 0 Å². The van der Waals surface area contributed by atoms with Crippen molar-refractivity contribution in [3.8, 4) is 0 Å². The molecule has 3 heteroatoms. The monoisotopic (exact) mass is 203 g/mol. The summed E-state index contributed by atoms with van der Waals surface area (Å²) in [7, 11) is 0. The van der Waals surface area contributed by atoms with Crippen LogP contribution in [-0.4, -0.2) is 19.3 Å². The lowest BCUT2D eigenvalue weighted by Crippen LogP contribution is -2.17. The van der Waals surface area contributed by atoms with Crippen molar-refractivity contribution in [2.45, 2.75) is 19.8 Å². The molecule has 15 heavy (non-hydrogen) atoms. The van der Waals surface area contributed by atoms with Crippen molar-refractivity contribution in [3.05, 3.63) is 29.3 Å². The number of hydrazone groups is 1. The Morgan fingerprint density at radius 3 is 2.67 bits per heavy atom. The summed E-state index contributed by atoms with van der Waals surface area (Å²) in [6.07, 6.45) is 4.32. The Labute approximate surface area is 90.6 Å². The Morgan fingerprint density at radius 2 is 2.07 bits per heavy atom. The number of anilines is 1. The zero-order valence-electron chi connectivity index (χ0n) is 9.11. The van der Waals surface area contributed by atoms with Crippen LogP contribution in [0.2, 0.25) is 0 Å². The van der Waals surface area contributed by atoms with E-state index in [0.29, 0.717) is 0 Å². The number of rotatable bonds is 2. The minimum atomic E-state index is 1.10. The third-order valence-corrected chi connectivity index (χ3v) is 2.94. The molecule has 0 radical (unpaired) electrons. The molecule has 0 aliphatic carbocycles. The van der Waals surface area contributed by atoms with Crippen LogP contribution in [0, 0.1) is 6.92 Å². The summed E-state index contributed by atoms with van der Waals surface area (Å²) in [4.78, 5) is 2.43. The second-order valence-electron chi connectivity index (χ2n) is 4.01. The minimum Gasteiger partial charge on any atom is -0.372 e. The van der Waals surface area contributed by atoms with Crippen molar-refractivity contribution in [2.24, 2.45) is 10.9 Å². The maximum Gasteiger partial charge on any atom is 0.0540 e. The van der Waals surface area contributed by atoms with E-state index in [1.807, 2.05) is 0 Å². The molecule has 0 saturated carbocycles.